The Morgan fingerprint density at radius 2 is 2.04 bits per heavy atom. The highest BCUT2D eigenvalue weighted by molar-refractivity contribution is 6.17. The Bertz CT molecular complexity index is 984. The maximum absolute atomic E-state index is 13.4. The highest BCUT2D eigenvalue weighted by atomic mass is 35.5. The Morgan fingerprint density at radius 1 is 1.27 bits per heavy atom. The van der Waals surface area contributed by atoms with E-state index in [0.29, 0.717) is 28.6 Å². The standard InChI is InChI=1S/C16H11ClF4N4O/c17-7-13-23-14-9(3-4-22-15(14)24-13)12(25-26)6-8-1-2-11(18)10(5-8)16(19,20)21/h1-5,26H,6-7H2,(H,22,23,24)/b25-12+. The van der Waals surface area contributed by atoms with Crippen LogP contribution in [0, 0.1) is 5.82 Å². The Labute approximate surface area is 149 Å². The van der Waals surface area contributed by atoms with E-state index in [1.807, 2.05) is 0 Å². The maximum Gasteiger partial charge on any atom is 0.419 e. The minimum absolute atomic E-state index is 0.0712. The average Bonchev–Trinajstić information content (AvgIpc) is 3.03. The van der Waals surface area contributed by atoms with Crippen molar-refractivity contribution in [1.82, 2.24) is 15.0 Å². The summed E-state index contributed by atoms with van der Waals surface area (Å²) in [6.45, 7) is 0. The van der Waals surface area contributed by atoms with Gasteiger partial charge in [0.2, 0.25) is 0 Å². The fraction of sp³-hybridized carbons (Fsp3) is 0.188. The molecule has 26 heavy (non-hydrogen) atoms. The number of aromatic nitrogens is 3. The van der Waals surface area contributed by atoms with Crippen LogP contribution in [0.1, 0.15) is 22.5 Å². The molecule has 3 rings (SSSR count). The van der Waals surface area contributed by atoms with Gasteiger partial charge in [0.25, 0.3) is 0 Å². The molecule has 0 saturated heterocycles. The minimum atomic E-state index is -4.82. The average molecular weight is 387 g/mol. The summed E-state index contributed by atoms with van der Waals surface area (Å²) in [7, 11) is 0. The first kappa shape index (κ1) is 18.1. The number of H-pyrrole nitrogens is 1. The molecule has 0 radical (unpaired) electrons. The number of nitrogens with one attached hydrogen (secondary N) is 1. The van der Waals surface area contributed by atoms with E-state index in [0.717, 1.165) is 6.07 Å². The molecule has 5 nitrogen and oxygen atoms in total. The van der Waals surface area contributed by atoms with E-state index in [-0.39, 0.29) is 23.6 Å². The van der Waals surface area contributed by atoms with Gasteiger partial charge in [-0.2, -0.15) is 13.2 Å². The molecule has 3 aromatic rings. The van der Waals surface area contributed by atoms with Crippen LogP contribution in [0.5, 0.6) is 0 Å². The molecule has 0 aliphatic carbocycles. The first-order valence-electron chi connectivity index (χ1n) is 7.30. The highest BCUT2D eigenvalue weighted by Crippen LogP contribution is 2.32. The summed E-state index contributed by atoms with van der Waals surface area (Å²) in [5.41, 5.74) is -0.00338. The van der Waals surface area contributed by atoms with E-state index in [9.17, 15) is 22.8 Å². The molecule has 0 atom stereocenters. The summed E-state index contributed by atoms with van der Waals surface area (Å²) < 4.78 is 52.0. The summed E-state index contributed by atoms with van der Waals surface area (Å²) in [6.07, 6.45) is -3.55. The normalized spacial score (nSPS) is 12.7. The van der Waals surface area contributed by atoms with Crippen molar-refractivity contribution in [3.05, 3.63) is 58.8 Å². The lowest BCUT2D eigenvalue weighted by atomic mass is 10.00. The summed E-state index contributed by atoms with van der Waals surface area (Å²) >= 11 is 5.73. The molecule has 0 spiro atoms. The molecule has 0 saturated carbocycles. The van der Waals surface area contributed by atoms with E-state index in [2.05, 4.69) is 20.1 Å². The molecular weight excluding hydrogens is 376 g/mol. The number of oxime groups is 1. The van der Waals surface area contributed by atoms with Crippen LogP contribution in [0.4, 0.5) is 17.6 Å². The third kappa shape index (κ3) is 3.48. The number of hydrogen-bond donors (Lipinski definition) is 2. The van der Waals surface area contributed by atoms with Crippen molar-refractivity contribution in [2.75, 3.05) is 0 Å². The smallest absolute Gasteiger partial charge is 0.411 e. The minimum Gasteiger partial charge on any atom is -0.411 e. The van der Waals surface area contributed by atoms with Crippen LogP contribution in [0.15, 0.2) is 35.6 Å². The lowest BCUT2D eigenvalue weighted by molar-refractivity contribution is -0.140. The summed E-state index contributed by atoms with van der Waals surface area (Å²) in [5.74, 6) is -0.815. The fourth-order valence-electron chi connectivity index (χ4n) is 2.54. The van der Waals surface area contributed by atoms with E-state index >= 15 is 0 Å². The van der Waals surface area contributed by atoms with Crippen LogP contribution in [-0.2, 0) is 18.5 Å². The van der Waals surface area contributed by atoms with Crippen molar-refractivity contribution < 1.29 is 22.8 Å². The predicted octanol–water partition coefficient (Wildman–Crippen LogP) is 4.28. The van der Waals surface area contributed by atoms with Gasteiger partial charge in [0.15, 0.2) is 5.65 Å². The summed E-state index contributed by atoms with van der Waals surface area (Å²) in [5, 5.41) is 12.5. The largest absolute Gasteiger partial charge is 0.419 e. The third-order valence-electron chi connectivity index (χ3n) is 3.71. The monoisotopic (exact) mass is 386 g/mol. The van der Waals surface area contributed by atoms with E-state index < -0.39 is 17.6 Å². The first-order valence-corrected chi connectivity index (χ1v) is 7.83. The van der Waals surface area contributed by atoms with Gasteiger partial charge in [-0.25, -0.2) is 14.4 Å². The zero-order chi connectivity index (χ0) is 18.9. The Balaban J connectivity index is 2.01. The van der Waals surface area contributed by atoms with Crippen LogP contribution >= 0.6 is 11.6 Å². The number of nitrogens with zero attached hydrogens (tertiary/aromatic N) is 3. The fourth-order valence-corrected chi connectivity index (χ4v) is 2.67. The molecule has 0 aliphatic rings. The molecular formula is C16H11ClF4N4O. The molecule has 0 fully saturated rings. The van der Waals surface area contributed by atoms with Crippen LogP contribution in [0.2, 0.25) is 0 Å². The van der Waals surface area contributed by atoms with E-state index in [1.165, 1.54) is 18.3 Å². The van der Waals surface area contributed by atoms with Crippen molar-refractivity contribution in [2.45, 2.75) is 18.5 Å². The van der Waals surface area contributed by atoms with Gasteiger partial charge in [0.1, 0.15) is 11.6 Å². The second-order valence-electron chi connectivity index (χ2n) is 5.41. The van der Waals surface area contributed by atoms with Crippen LogP contribution in [-0.4, -0.2) is 25.9 Å². The number of hydrogen-bond acceptors (Lipinski definition) is 4. The second-order valence-corrected chi connectivity index (χ2v) is 5.68. The van der Waals surface area contributed by atoms with Gasteiger partial charge in [0, 0.05) is 18.2 Å². The molecule has 2 N–H and O–H groups in total. The van der Waals surface area contributed by atoms with Gasteiger partial charge >= 0.3 is 6.18 Å². The zero-order valence-corrected chi connectivity index (χ0v) is 13.7. The van der Waals surface area contributed by atoms with Gasteiger partial charge in [-0.3, -0.25) is 0 Å². The van der Waals surface area contributed by atoms with Crippen LogP contribution < -0.4 is 0 Å². The second kappa shape index (κ2) is 6.91. The lowest BCUT2D eigenvalue weighted by Gasteiger charge is -2.11. The Hall–Kier alpha value is -2.68. The van der Waals surface area contributed by atoms with Crippen LogP contribution in [0.3, 0.4) is 0 Å². The van der Waals surface area contributed by atoms with Gasteiger partial charge < -0.3 is 10.2 Å². The van der Waals surface area contributed by atoms with Crippen molar-refractivity contribution in [1.29, 1.82) is 0 Å². The number of benzene rings is 1. The number of aromatic amines is 1. The summed E-state index contributed by atoms with van der Waals surface area (Å²) in [6, 6.07) is 4.15. The SMILES string of the molecule is O/N=C(\Cc1ccc(F)c(C(F)(F)F)c1)c1ccnc2nc(CCl)[nH]c12. The molecule has 2 aromatic heterocycles. The zero-order valence-electron chi connectivity index (χ0n) is 13.0. The van der Waals surface area contributed by atoms with Crippen molar-refractivity contribution in [3.63, 3.8) is 0 Å². The highest BCUT2D eigenvalue weighted by Gasteiger charge is 2.34. The maximum atomic E-state index is 13.4. The Morgan fingerprint density at radius 3 is 2.69 bits per heavy atom. The van der Waals surface area contributed by atoms with Crippen LogP contribution in [0.25, 0.3) is 11.2 Å². The number of alkyl halides is 4. The molecule has 0 bridgehead atoms. The number of fused-ring (bicyclic) bond motifs is 1. The van der Waals surface area contributed by atoms with E-state index in [4.69, 9.17) is 11.6 Å². The van der Waals surface area contributed by atoms with E-state index in [1.54, 1.807) is 0 Å². The molecule has 136 valence electrons. The van der Waals surface area contributed by atoms with Gasteiger partial charge in [-0.1, -0.05) is 11.2 Å². The van der Waals surface area contributed by atoms with Crippen molar-refractivity contribution in [3.8, 4) is 0 Å². The third-order valence-corrected chi connectivity index (χ3v) is 3.96. The van der Waals surface area contributed by atoms with Gasteiger partial charge in [-0.15, -0.1) is 11.6 Å². The lowest BCUT2D eigenvalue weighted by Crippen LogP contribution is -2.11. The molecule has 2 heterocycles. The molecule has 0 aliphatic heterocycles. The number of imidazole rings is 1. The van der Waals surface area contributed by atoms with Crippen molar-refractivity contribution >= 4 is 28.5 Å². The summed E-state index contributed by atoms with van der Waals surface area (Å²) in [4.78, 5) is 11.1. The first-order chi connectivity index (χ1) is 12.3. The topological polar surface area (TPSA) is 74.2 Å². The quantitative estimate of drug-likeness (QED) is 0.231. The molecule has 10 heteroatoms. The molecule has 1 aromatic carbocycles. The van der Waals surface area contributed by atoms with Crippen molar-refractivity contribution in [2.24, 2.45) is 5.16 Å². The predicted molar refractivity (Wildman–Crippen MR) is 86.9 cm³/mol. The van der Waals surface area contributed by atoms with Gasteiger partial charge in [0.05, 0.1) is 22.7 Å². The number of halogens is 5. The number of rotatable bonds is 4. The van der Waals surface area contributed by atoms with Gasteiger partial charge in [-0.05, 0) is 23.8 Å². The number of pyridine rings is 1. The molecule has 0 unspecified atom stereocenters. The molecule has 0 amide bonds. The Kier molecular flexibility index (Phi) is 4.82.